The number of sulfonamides is 1. The van der Waals surface area contributed by atoms with Gasteiger partial charge in [-0.2, -0.15) is 4.31 Å². The first kappa shape index (κ1) is 19.6. The zero-order valence-electron chi connectivity index (χ0n) is 13.5. The van der Waals surface area contributed by atoms with E-state index in [1.165, 1.54) is 16.4 Å². The topological polar surface area (TPSA) is 57.7 Å². The van der Waals surface area contributed by atoms with Crippen LogP contribution in [0.15, 0.2) is 24.3 Å². The molecular formula is C16H22FIN2O3S. The largest absolute Gasteiger partial charge is 0.369 e. The zero-order chi connectivity index (χ0) is 17.6. The van der Waals surface area contributed by atoms with Crippen LogP contribution in [-0.2, 0) is 14.8 Å². The monoisotopic (exact) mass is 468 g/mol. The van der Waals surface area contributed by atoms with E-state index in [-0.39, 0.29) is 11.6 Å². The number of Topliss-reactive ketones (excluding diaryl/α,β-unsaturated/α-hetero) is 1. The van der Waals surface area contributed by atoms with Crippen molar-refractivity contribution in [3.05, 3.63) is 30.1 Å². The third-order valence-corrected chi connectivity index (χ3v) is 6.61. The van der Waals surface area contributed by atoms with Gasteiger partial charge in [0.1, 0.15) is 17.4 Å². The highest BCUT2D eigenvalue weighted by Crippen LogP contribution is 2.18. The summed E-state index contributed by atoms with van der Waals surface area (Å²) in [5, 5.41) is 0. The lowest BCUT2D eigenvalue weighted by molar-refractivity contribution is -0.116. The van der Waals surface area contributed by atoms with E-state index in [2.05, 4.69) is 22.6 Å². The first-order valence-electron chi connectivity index (χ1n) is 7.98. The fraction of sp³-hybridized carbons (Fsp3) is 0.562. The predicted octanol–water partition coefficient (Wildman–Crippen LogP) is 2.45. The molecule has 0 atom stereocenters. The van der Waals surface area contributed by atoms with E-state index in [1.807, 2.05) is 4.90 Å². The summed E-state index contributed by atoms with van der Waals surface area (Å²) >= 11 is 2.24. The number of alkyl halides is 1. The van der Waals surface area contributed by atoms with E-state index in [0.29, 0.717) is 32.6 Å². The van der Waals surface area contributed by atoms with Gasteiger partial charge in [0.15, 0.2) is 0 Å². The zero-order valence-corrected chi connectivity index (χ0v) is 16.4. The highest BCUT2D eigenvalue weighted by Gasteiger charge is 2.28. The molecule has 8 heteroatoms. The number of anilines is 1. The SMILES string of the molecule is O=C(CCCCI)CS(=O)(=O)N1CCN(c2ccc(F)cc2)CC1. The molecule has 0 bridgehead atoms. The molecule has 0 aliphatic carbocycles. The molecule has 1 fully saturated rings. The molecule has 0 unspecified atom stereocenters. The Morgan fingerprint density at radius 2 is 1.71 bits per heavy atom. The Balaban J connectivity index is 1.86. The van der Waals surface area contributed by atoms with E-state index in [0.717, 1.165) is 23.0 Å². The van der Waals surface area contributed by atoms with Crippen molar-refractivity contribution >= 4 is 44.1 Å². The van der Waals surface area contributed by atoms with Crippen molar-refractivity contribution in [2.24, 2.45) is 0 Å². The average Bonchev–Trinajstić information content (AvgIpc) is 2.55. The lowest BCUT2D eigenvalue weighted by Crippen LogP contribution is -2.50. The molecule has 1 aliphatic heterocycles. The molecule has 0 saturated carbocycles. The molecule has 24 heavy (non-hydrogen) atoms. The second-order valence-electron chi connectivity index (χ2n) is 5.80. The molecule has 1 heterocycles. The molecule has 2 rings (SSSR count). The Morgan fingerprint density at radius 3 is 2.29 bits per heavy atom. The van der Waals surface area contributed by atoms with Gasteiger partial charge in [0.05, 0.1) is 0 Å². The Hall–Kier alpha value is -0.740. The number of halogens is 2. The summed E-state index contributed by atoms with van der Waals surface area (Å²) in [5.41, 5.74) is 0.878. The number of nitrogens with zero attached hydrogens (tertiary/aromatic N) is 2. The van der Waals surface area contributed by atoms with Gasteiger partial charge in [-0.15, -0.1) is 0 Å². The second kappa shape index (κ2) is 9.10. The number of ketones is 1. The van der Waals surface area contributed by atoms with Crippen LogP contribution in [0.1, 0.15) is 19.3 Å². The minimum Gasteiger partial charge on any atom is -0.369 e. The molecule has 0 N–H and O–H groups in total. The van der Waals surface area contributed by atoms with Crippen LogP contribution in [0.5, 0.6) is 0 Å². The minimum atomic E-state index is -3.54. The third kappa shape index (κ3) is 5.66. The first-order valence-corrected chi connectivity index (χ1v) is 11.1. The maximum Gasteiger partial charge on any atom is 0.221 e. The Kier molecular flexibility index (Phi) is 7.42. The maximum absolute atomic E-state index is 13.0. The van der Waals surface area contributed by atoms with Crippen molar-refractivity contribution in [1.29, 1.82) is 0 Å². The van der Waals surface area contributed by atoms with Gasteiger partial charge in [-0.1, -0.05) is 22.6 Å². The highest BCUT2D eigenvalue weighted by molar-refractivity contribution is 14.1. The molecule has 1 aromatic carbocycles. The van der Waals surface area contributed by atoms with Crippen LogP contribution in [0.4, 0.5) is 10.1 Å². The molecule has 0 radical (unpaired) electrons. The van der Waals surface area contributed by atoms with Gasteiger partial charge in [0.25, 0.3) is 0 Å². The van der Waals surface area contributed by atoms with Crippen molar-refractivity contribution in [3.8, 4) is 0 Å². The van der Waals surface area contributed by atoms with E-state index in [1.54, 1.807) is 12.1 Å². The van der Waals surface area contributed by atoms with Crippen molar-refractivity contribution in [2.75, 3.05) is 41.3 Å². The molecule has 5 nitrogen and oxygen atoms in total. The molecule has 0 aromatic heterocycles. The molecule has 0 amide bonds. The lowest BCUT2D eigenvalue weighted by atomic mass is 10.2. The number of benzene rings is 1. The average molecular weight is 468 g/mol. The van der Waals surface area contributed by atoms with Gasteiger partial charge in [0, 0.05) is 38.3 Å². The third-order valence-electron chi connectivity index (χ3n) is 4.01. The number of piperazine rings is 1. The van der Waals surface area contributed by atoms with Crippen LogP contribution in [0.3, 0.4) is 0 Å². The van der Waals surface area contributed by atoms with Crippen molar-refractivity contribution in [1.82, 2.24) is 4.31 Å². The van der Waals surface area contributed by atoms with Crippen LogP contribution >= 0.6 is 22.6 Å². The van der Waals surface area contributed by atoms with E-state index in [4.69, 9.17) is 0 Å². The smallest absolute Gasteiger partial charge is 0.221 e. The summed E-state index contributed by atoms with van der Waals surface area (Å²) in [4.78, 5) is 13.9. The van der Waals surface area contributed by atoms with Crippen LogP contribution in [-0.4, -0.2) is 54.9 Å². The van der Waals surface area contributed by atoms with Crippen LogP contribution in [0, 0.1) is 5.82 Å². The summed E-state index contributed by atoms with van der Waals surface area (Å²) in [5.74, 6) is -0.896. The molecule has 1 aliphatic rings. The number of carbonyl (C=O) groups is 1. The minimum absolute atomic E-state index is 0.208. The molecule has 134 valence electrons. The molecular weight excluding hydrogens is 446 g/mol. The van der Waals surface area contributed by atoms with Gasteiger partial charge in [-0.05, 0) is 41.5 Å². The van der Waals surface area contributed by atoms with Gasteiger partial charge in [-0.25, -0.2) is 12.8 Å². The number of hydrogen-bond acceptors (Lipinski definition) is 4. The van der Waals surface area contributed by atoms with Crippen LogP contribution < -0.4 is 4.90 Å². The fourth-order valence-corrected chi connectivity index (χ4v) is 4.65. The van der Waals surface area contributed by atoms with E-state index < -0.39 is 15.8 Å². The van der Waals surface area contributed by atoms with Gasteiger partial charge < -0.3 is 4.90 Å². The summed E-state index contributed by atoms with van der Waals surface area (Å²) in [7, 11) is -3.54. The van der Waals surface area contributed by atoms with Gasteiger partial charge in [0.2, 0.25) is 10.0 Å². The standard InChI is InChI=1S/C16H22FIN2O3S/c17-14-4-6-15(7-5-14)19-9-11-20(12-10-19)24(22,23)13-16(21)3-1-2-8-18/h4-7H,1-3,8-13H2. The lowest BCUT2D eigenvalue weighted by Gasteiger charge is -2.35. The molecule has 1 aromatic rings. The van der Waals surface area contributed by atoms with Gasteiger partial charge in [-0.3, -0.25) is 4.79 Å². The van der Waals surface area contributed by atoms with E-state index >= 15 is 0 Å². The maximum atomic E-state index is 13.0. The number of rotatable bonds is 8. The van der Waals surface area contributed by atoms with Crippen molar-refractivity contribution in [3.63, 3.8) is 0 Å². The summed E-state index contributed by atoms with van der Waals surface area (Å²) in [6.45, 7) is 1.77. The number of unbranched alkanes of at least 4 members (excludes halogenated alkanes) is 1. The Labute approximate surface area is 156 Å². The molecule has 0 spiro atoms. The van der Waals surface area contributed by atoms with E-state index in [9.17, 15) is 17.6 Å². The van der Waals surface area contributed by atoms with Crippen LogP contribution in [0.25, 0.3) is 0 Å². The first-order chi connectivity index (χ1) is 11.4. The summed E-state index contributed by atoms with van der Waals surface area (Å²) in [6.07, 6.45) is 2.01. The van der Waals surface area contributed by atoms with Crippen molar-refractivity contribution in [2.45, 2.75) is 19.3 Å². The number of hydrogen-bond donors (Lipinski definition) is 0. The normalized spacial score (nSPS) is 16.3. The predicted molar refractivity (Wildman–Crippen MR) is 102 cm³/mol. The summed E-state index contributed by atoms with van der Waals surface area (Å²) < 4.78 is 40.0. The Bertz CT molecular complexity index is 644. The molecule has 1 saturated heterocycles. The van der Waals surface area contributed by atoms with Gasteiger partial charge >= 0.3 is 0 Å². The fourth-order valence-electron chi connectivity index (χ4n) is 2.66. The quantitative estimate of drug-likeness (QED) is 0.334. The Morgan fingerprint density at radius 1 is 1.08 bits per heavy atom. The second-order valence-corrected chi connectivity index (χ2v) is 8.85. The number of carbonyl (C=O) groups excluding carboxylic acids is 1. The van der Waals surface area contributed by atoms with Crippen LogP contribution in [0.2, 0.25) is 0 Å². The summed E-state index contributed by atoms with van der Waals surface area (Å²) in [6, 6.07) is 6.17. The highest BCUT2D eigenvalue weighted by atomic mass is 127. The van der Waals surface area contributed by atoms with Crippen molar-refractivity contribution < 1.29 is 17.6 Å².